The molecule has 2 aromatic carbocycles. The molecule has 1 radical (unpaired) electrons. The molecule has 2 atom stereocenters. The van der Waals surface area contributed by atoms with E-state index in [0.717, 1.165) is 30.8 Å². The lowest BCUT2D eigenvalue weighted by Crippen LogP contribution is -2.47. The molecule has 0 spiro atoms. The molecule has 2 heterocycles. The van der Waals surface area contributed by atoms with E-state index in [1.54, 1.807) is 0 Å². The van der Waals surface area contributed by atoms with Crippen molar-refractivity contribution < 1.29 is 17.6 Å². The van der Waals surface area contributed by atoms with Crippen LogP contribution in [0.4, 0.5) is 13.2 Å². The van der Waals surface area contributed by atoms with Gasteiger partial charge in [0.25, 0.3) is 9.04 Å². The lowest BCUT2D eigenvalue weighted by molar-refractivity contribution is -0.137. The van der Waals surface area contributed by atoms with Gasteiger partial charge in [-0.3, -0.25) is 10.1 Å². The van der Waals surface area contributed by atoms with Crippen LogP contribution in [0.15, 0.2) is 79.1 Å². The number of benzene rings is 2. The van der Waals surface area contributed by atoms with Crippen LogP contribution >= 0.6 is 0 Å². The fourth-order valence-corrected chi connectivity index (χ4v) is 8.02. The van der Waals surface area contributed by atoms with Crippen molar-refractivity contribution >= 4 is 19.4 Å². The zero-order valence-corrected chi connectivity index (χ0v) is 23.2. The molecule has 4 nitrogen and oxygen atoms in total. The summed E-state index contributed by atoms with van der Waals surface area (Å²) in [4.78, 5) is 3.77. The van der Waals surface area contributed by atoms with Crippen LogP contribution < -0.4 is 10.4 Å². The third-order valence-corrected chi connectivity index (χ3v) is 10.3. The summed E-state index contributed by atoms with van der Waals surface area (Å²) in [5, 5.41) is 9.89. The van der Waals surface area contributed by atoms with Gasteiger partial charge in [-0.05, 0) is 58.2 Å². The zero-order chi connectivity index (χ0) is 27.4. The zero-order valence-electron chi connectivity index (χ0n) is 22.2. The first-order valence-corrected chi connectivity index (χ1v) is 14.8. The first-order valence-electron chi connectivity index (χ1n) is 13.4. The Balaban J connectivity index is 1.14. The molecular weight excluding hydrogens is 515 g/mol. The number of pyridine rings is 1. The van der Waals surface area contributed by atoms with Gasteiger partial charge in [0.1, 0.15) is 0 Å². The summed E-state index contributed by atoms with van der Waals surface area (Å²) < 4.78 is 46.2. The van der Waals surface area contributed by atoms with Gasteiger partial charge in [-0.1, -0.05) is 75.4 Å². The van der Waals surface area contributed by atoms with Crippen molar-refractivity contribution in [2.24, 2.45) is 11.8 Å². The molecule has 0 aliphatic heterocycles. The van der Waals surface area contributed by atoms with Gasteiger partial charge in [0.15, 0.2) is 0 Å². The maximum Gasteiger partial charge on any atom is 0.417 e. The molecule has 2 saturated carbocycles. The van der Waals surface area contributed by atoms with E-state index in [9.17, 15) is 13.2 Å². The molecule has 1 N–H and O–H groups in total. The van der Waals surface area contributed by atoms with E-state index in [0.29, 0.717) is 29.0 Å². The predicted octanol–water partition coefficient (Wildman–Crippen LogP) is 6.10. The van der Waals surface area contributed by atoms with Gasteiger partial charge in [0.05, 0.1) is 11.3 Å². The van der Waals surface area contributed by atoms with Gasteiger partial charge >= 0.3 is 6.18 Å². The minimum atomic E-state index is -4.43. The van der Waals surface area contributed by atoms with Gasteiger partial charge in [0, 0.05) is 35.7 Å². The Kier molecular flexibility index (Phi) is 6.50. The Morgan fingerprint density at radius 2 is 1.51 bits per heavy atom. The Morgan fingerprint density at radius 1 is 0.846 bits per heavy atom. The summed E-state index contributed by atoms with van der Waals surface area (Å²) in [6.45, 7) is 6.67. The topological polar surface area (TPSA) is 50.8 Å². The molecule has 2 fully saturated rings. The van der Waals surface area contributed by atoms with Gasteiger partial charge in [0.2, 0.25) is 0 Å². The van der Waals surface area contributed by atoms with E-state index in [2.05, 4.69) is 84.5 Å². The first kappa shape index (κ1) is 26.0. The van der Waals surface area contributed by atoms with E-state index in [4.69, 9.17) is 4.43 Å². The van der Waals surface area contributed by atoms with E-state index in [1.807, 2.05) is 12.1 Å². The maximum atomic E-state index is 13.1. The second kappa shape index (κ2) is 9.75. The Labute approximate surface area is 228 Å². The number of alkyl halides is 3. The molecule has 0 saturated heterocycles. The number of hydrogen-bond acceptors (Lipinski definition) is 3. The molecule has 2 unspecified atom stereocenters. The van der Waals surface area contributed by atoms with Crippen LogP contribution in [0, 0.1) is 11.8 Å². The molecule has 2 aromatic heterocycles. The highest BCUT2D eigenvalue weighted by Gasteiger charge is 2.58. The van der Waals surface area contributed by atoms with Crippen LogP contribution in [0.25, 0.3) is 11.3 Å². The van der Waals surface area contributed by atoms with Crippen molar-refractivity contribution in [2.45, 2.75) is 57.2 Å². The van der Waals surface area contributed by atoms with Crippen molar-refractivity contribution in [3.05, 3.63) is 95.9 Å². The minimum absolute atomic E-state index is 0.102. The number of rotatable bonds is 6. The molecule has 6 rings (SSSR count). The fraction of sp³-hybridized carbons (Fsp3) is 0.355. The molecule has 0 bridgehead atoms. The average Bonchev–Trinajstić information content (AvgIpc) is 3.24. The average molecular weight is 547 g/mol. The SMILES string of the molecule is CC(C)(C)c1ccc([Si](OC2CC3C(C2)C3c2cc(-c3cncc(C(F)(F)F)c3)n[nH]2)c2ccccc2)cc1. The first-order chi connectivity index (χ1) is 18.6. The third-order valence-electron chi connectivity index (χ3n) is 8.05. The highest BCUT2D eigenvalue weighted by molar-refractivity contribution is 6.80. The van der Waals surface area contributed by atoms with Crippen molar-refractivity contribution in [1.82, 2.24) is 15.2 Å². The molecule has 8 heteroatoms. The van der Waals surface area contributed by atoms with Crippen LogP contribution in [-0.4, -0.2) is 30.3 Å². The lowest BCUT2D eigenvalue weighted by Gasteiger charge is -2.24. The number of H-pyrrole nitrogens is 1. The fourth-order valence-electron chi connectivity index (χ4n) is 5.92. The smallest absolute Gasteiger partial charge is 0.404 e. The van der Waals surface area contributed by atoms with Crippen LogP contribution in [-0.2, 0) is 16.0 Å². The molecule has 39 heavy (non-hydrogen) atoms. The summed E-state index contributed by atoms with van der Waals surface area (Å²) in [6, 6.07) is 22.4. The van der Waals surface area contributed by atoms with Gasteiger partial charge in [-0.25, -0.2) is 0 Å². The number of aromatic nitrogens is 3. The van der Waals surface area contributed by atoms with E-state index in [-0.39, 0.29) is 11.5 Å². The molecular formula is C31H31F3N3OSi. The van der Waals surface area contributed by atoms with E-state index in [1.165, 1.54) is 22.1 Å². The van der Waals surface area contributed by atoms with E-state index < -0.39 is 20.8 Å². The third kappa shape index (κ3) is 5.32. The second-order valence-electron chi connectivity index (χ2n) is 11.8. The number of nitrogens with zero attached hydrogens (tertiary/aromatic N) is 2. The van der Waals surface area contributed by atoms with Crippen molar-refractivity contribution in [3.63, 3.8) is 0 Å². The van der Waals surface area contributed by atoms with Gasteiger partial charge < -0.3 is 4.43 Å². The minimum Gasteiger partial charge on any atom is -0.404 e. The summed E-state index contributed by atoms with van der Waals surface area (Å²) in [6.07, 6.45) is -0.00583. The quantitative estimate of drug-likeness (QED) is 0.297. The normalized spacial score (nSPS) is 22.7. The summed E-state index contributed by atoms with van der Waals surface area (Å²) in [5.74, 6) is 1.36. The van der Waals surface area contributed by atoms with Gasteiger partial charge in [-0.2, -0.15) is 18.3 Å². The second-order valence-corrected chi connectivity index (χ2v) is 13.8. The molecule has 2 aliphatic rings. The monoisotopic (exact) mass is 546 g/mol. The van der Waals surface area contributed by atoms with Crippen LogP contribution in [0.5, 0.6) is 0 Å². The lowest BCUT2D eigenvalue weighted by atomic mass is 9.87. The summed E-state index contributed by atoms with van der Waals surface area (Å²) >= 11 is 0. The van der Waals surface area contributed by atoms with Gasteiger partial charge in [-0.15, -0.1) is 0 Å². The summed E-state index contributed by atoms with van der Waals surface area (Å²) in [5.41, 5.74) is 2.50. The van der Waals surface area contributed by atoms with E-state index >= 15 is 0 Å². The summed E-state index contributed by atoms with van der Waals surface area (Å²) in [7, 11) is -1.39. The Hall–Kier alpha value is -3.23. The number of aromatic amines is 1. The molecule has 2 aliphatic carbocycles. The predicted molar refractivity (Wildman–Crippen MR) is 147 cm³/mol. The molecule has 4 aromatic rings. The van der Waals surface area contributed by atoms with Crippen molar-refractivity contribution in [2.75, 3.05) is 0 Å². The van der Waals surface area contributed by atoms with Crippen molar-refractivity contribution in [1.29, 1.82) is 0 Å². The largest absolute Gasteiger partial charge is 0.417 e. The maximum absolute atomic E-state index is 13.1. The van der Waals surface area contributed by atoms with Crippen LogP contribution in [0.2, 0.25) is 0 Å². The highest BCUT2D eigenvalue weighted by atomic mass is 28.3. The Morgan fingerprint density at radius 3 is 2.15 bits per heavy atom. The molecule has 201 valence electrons. The number of halogens is 3. The molecule has 0 amide bonds. The number of hydrogen-bond donors (Lipinski definition) is 1. The Bertz CT molecular complexity index is 1430. The number of nitrogens with one attached hydrogen (secondary N) is 1. The van der Waals surface area contributed by atoms with Crippen LogP contribution in [0.3, 0.4) is 0 Å². The van der Waals surface area contributed by atoms with Crippen LogP contribution in [0.1, 0.15) is 56.4 Å². The standard InChI is InChI=1S/C31H31F3N3OSi/c1-30(2,3)20-9-11-24(12-10-20)39(23-7-5-4-6-8-23)38-22-14-25-26(15-22)29(25)28-16-27(36-37-28)19-13-21(18-35-17-19)31(32,33)34/h4-13,16-18,22,25-26,29H,14-15H2,1-3H3,(H,36,37). The highest BCUT2D eigenvalue weighted by Crippen LogP contribution is 2.63. The van der Waals surface area contributed by atoms with Crippen molar-refractivity contribution in [3.8, 4) is 11.3 Å². The number of fused-ring (bicyclic) bond motifs is 1.